The zero-order valence-electron chi connectivity index (χ0n) is 12.3. The molecule has 3 atom stereocenters. The number of urea groups is 1. The first kappa shape index (κ1) is 15.8. The number of carboxylic acids is 1. The Labute approximate surface area is 115 Å². The van der Waals surface area contributed by atoms with E-state index in [1.807, 2.05) is 0 Å². The van der Waals surface area contributed by atoms with Gasteiger partial charge in [0.1, 0.15) is 0 Å². The summed E-state index contributed by atoms with van der Waals surface area (Å²) in [6.45, 7) is 6.27. The Balaban J connectivity index is 2.43. The number of carbonyl (C=O) groups is 2. The van der Waals surface area contributed by atoms with E-state index in [0.717, 1.165) is 12.8 Å². The van der Waals surface area contributed by atoms with Crippen molar-refractivity contribution < 1.29 is 14.7 Å². The molecular weight excluding hydrogens is 244 g/mol. The molecule has 5 nitrogen and oxygen atoms in total. The summed E-state index contributed by atoms with van der Waals surface area (Å²) in [6.07, 6.45) is 3.25. The number of rotatable bonds is 4. The maximum atomic E-state index is 12.0. The monoisotopic (exact) mass is 270 g/mol. The number of aliphatic carboxylic acids is 1. The van der Waals surface area contributed by atoms with Crippen LogP contribution in [0, 0.1) is 17.8 Å². The topological polar surface area (TPSA) is 69.6 Å². The van der Waals surface area contributed by atoms with Crippen molar-refractivity contribution in [2.75, 3.05) is 13.6 Å². The number of carboxylic acid groups (broad SMARTS) is 1. The summed E-state index contributed by atoms with van der Waals surface area (Å²) in [6, 6.07) is 0.0493. The molecule has 0 aromatic carbocycles. The number of nitrogens with zero attached hydrogens (tertiary/aromatic N) is 1. The molecule has 1 aliphatic carbocycles. The summed E-state index contributed by atoms with van der Waals surface area (Å²) in [4.78, 5) is 24.2. The summed E-state index contributed by atoms with van der Waals surface area (Å²) in [5, 5.41) is 11.9. The van der Waals surface area contributed by atoms with E-state index in [0.29, 0.717) is 11.8 Å². The van der Waals surface area contributed by atoms with Gasteiger partial charge in [-0.2, -0.15) is 0 Å². The largest absolute Gasteiger partial charge is 0.481 e. The molecule has 0 aromatic heterocycles. The van der Waals surface area contributed by atoms with Gasteiger partial charge in [-0.1, -0.05) is 20.8 Å². The van der Waals surface area contributed by atoms with Crippen molar-refractivity contribution in [3.05, 3.63) is 0 Å². The molecule has 19 heavy (non-hydrogen) atoms. The second-order valence-corrected chi connectivity index (χ2v) is 6.18. The van der Waals surface area contributed by atoms with Crippen molar-refractivity contribution in [3.8, 4) is 0 Å². The number of amides is 2. The van der Waals surface area contributed by atoms with Crippen LogP contribution < -0.4 is 5.32 Å². The second kappa shape index (κ2) is 6.78. The van der Waals surface area contributed by atoms with Crippen molar-refractivity contribution >= 4 is 12.0 Å². The molecule has 0 radical (unpaired) electrons. The standard InChI is InChI=1S/C14H26N2O3/c1-9-5-10(2)7-12(6-9)15-14(19)16(4)8-11(3)13(17)18/h9-12H,5-8H2,1-4H3,(H,15,19)(H,17,18). The lowest BCUT2D eigenvalue weighted by atomic mass is 9.80. The molecule has 0 saturated heterocycles. The van der Waals surface area contributed by atoms with Crippen molar-refractivity contribution in [1.82, 2.24) is 10.2 Å². The van der Waals surface area contributed by atoms with E-state index in [9.17, 15) is 9.59 Å². The molecule has 1 saturated carbocycles. The quantitative estimate of drug-likeness (QED) is 0.822. The molecule has 1 fully saturated rings. The fourth-order valence-electron chi connectivity index (χ4n) is 2.92. The molecule has 0 bridgehead atoms. The highest BCUT2D eigenvalue weighted by Gasteiger charge is 2.26. The maximum absolute atomic E-state index is 12.0. The third kappa shape index (κ3) is 5.09. The number of carbonyl (C=O) groups excluding carboxylic acids is 1. The minimum absolute atomic E-state index is 0.167. The fourth-order valence-corrected chi connectivity index (χ4v) is 2.92. The molecular formula is C14H26N2O3. The summed E-state index contributed by atoms with van der Waals surface area (Å²) in [5.41, 5.74) is 0. The van der Waals surface area contributed by atoms with Crippen molar-refractivity contribution in [1.29, 1.82) is 0 Å². The van der Waals surface area contributed by atoms with Gasteiger partial charge in [0.15, 0.2) is 0 Å². The highest BCUT2D eigenvalue weighted by molar-refractivity contribution is 5.76. The lowest BCUT2D eigenvalue weighted by Crippen LogP contribution is -2.47. The van der Waals surface area contributed by atoms with Crippen LogP contribution in [0.25, 0.3) is 0 Å². The molecule has 2 amide bonds. The van der Waals surface area contributed by atoms with Crippen molar-refractivity contribution in [2.24, 2.45) is 17.8 Å². The van der Waals surface area contributed by atoms with Gasteiger partial charge in [-0.3, -0.25) is 4.79 Å². The maximum Gasteiger partial charge on any atom is 0.317 e. The van der Waals surface area contributed by atoms with E-state index in [2.05, 4.69) is 19.2 Å². The van der Waals surface area contributed by atoms with E-state index < -0.39 is 11.9 Å². The van der Waals surface area contributed by atoms with E-state index in [-0.39, 0.29) is 18.6 Å². The highest BCUT2D eigenvalue weighted by atomic mass is 16.4. The van der Waals surface area contributed by atoms with Gasteiger partial charge in [-0.25, -0.2) is 4.79 Å². The minimum Gasteiger partial charge on any atom is -0.481 e. The summed E-state index contributed by atoms with van der Waals surface area (Å²) < 4.78 is 0. The van der Waals surface area contributed by atoms with E-state index in [1.165, 1.54) is 11.3 Å². The number of nitrogens with one attached hydrogen (secondary N) is 1. The third-order valence-electron chi connectivity index (χ3n) is 3.82. The van der Waals surface area contributed by atoms with Gasteiger partial charge in [-0.15, -0.1) is 0 Å². The lowest BCUT2D eigenvalue weighted by Gasteiger charge is -2.33. The predicted molar refractivity (Wildman–Crippen MR) is 73.9 cm³/mol. The number of hydrogen-bond donors (Lipinski definition) is 2. The second-order valence-electron chi connectivity index (χ2n) is 6.18. The fraction of sp³-hybridized carbons (Fsp3) is 0.857. The molecule has 5 heteroatoms. The molecule has 3 unspecified atom stereocenters. The first-order valence-electron chi connectivity index (χ1n) is 7.04. The van der Waals surface area contributed by atoms with E-state index in [4.69, 9.17) is 5.11 Å². The van der Waals surface area contributed by atoms with Crippen LogP contribution >= 0.6 is 0 Å². The van der Waals surface area contributed by atoms with Gasteiger partial charge in [0.2, 0.25) is 0 Å². The smallest absolute Gasteiger partial charge is 0.317 e. The molecule has 0 heterocycles. The normalized spacial score (nSPS) is 28.5. The predicted octanol–water partition coefficient (Wildman–Crippen LogP) is 2.17. The number of hydrogen-bond acceptors (Lipinski definition) is 2. The first-order valence-corrected chi connectivity index (χ1v) is 7.04. The van der Waals surface area contributed by atoms with Crippen LogP contribution in [0.3, 0.4) is 0 Å². The summed E-state index contributed by atoms with van der Waals surface area (Å²) in [7, 11) is 1.64. The van der Waals surface area contributed by atoms with Crippen LogP contribution in [0.1, 0.15) is 40.0 Å². The van der Waals surface area contributed by atoms with Gasteiger partial charge in [0, 0.05) is 19.6 Å². The van der Waals surface area contributed by atoms with Gasteiger partial charge < -0.3 is 15.3 Å². The average Bonchev–Trinajstić information content (AvgIpc) is 2.26. The summed E-state index contributed by atoms with van der Waals surface area (Å²) in [5.74, 6) is -0.144. The van der Waals surface area contributed by atoms with Crippen LogP contribution in [-0.4, -0.2) is 41.6 Å². The van der Waals surface area contributed by atoms with E-state index >= 15 is 0 Å². The Morgan fingerprint density at radius 2 is 1.79 bits per heavy atom. The lowest BCUT2D eigenvalue weighted by molar-refractivity contribution is -0.141. The molecule has 2 N–H and O–H groups in total. The van der Waals surface area contributed by atoms with E-state index in [1.54, 1.807) is 14.0 Å². The highest BCUT2D eigenvalue weighted by Crippen LogP contribution is 2.28. The zero-order chi connectivity index (χ0) is 14.6. The van der Waals surface area contributed by atoms with Gasteiger partial charge in [0.05, 0.1) is 5.92 Å². The Morgan fingerprint density at radius 3 is 2.26 bits per heavy atom. The first-order chi connectivity index (χ1) is 8.79. The Bertz CT molecular complexity index is 323. The molecule has 0 spiro atoms. The van der Waals surface area contributed by atoms with Crippen LogP contribution in [0.2, 0.25) is 0 Å². The molecule has 0 aliphatic heterocycles. The molecule has 110 valence electrons. The average molecular weight is 270 g/mol. The Morgan fingerprint density at radius 1 is 1.26 bits per heavy atom. The SMILES string of the molecule is CC1CC(C)CC(NC(=O)N(C)CC(C)C(=O)O)C1. The Hall–Kier alpha value is -1.26. The van der Waals surface area contributed by atoms with Gasteiger partial charge >= 0.3 is 12.0 Å². The molecule has 0 aromatic rings. The zero-order valence-corrected chi connectivity index (χ0v) is 12.3. The van der Waals surface area contributed by atoms with Crippen LogP contribution in [0.5, 0.6) is 0 Å². The van der Waals surface area contributed by atoms with Crippen LogP contribution in [-0.2, 0) is 4.79 Å². The van der Waals surface area contributed by atoms with Crippen molar-refractivity contribution in [2.45, 2.75) is 46.1 Å². The Kier molecular flexibility index (Phi) is 5.63. The van der Waals surface area contributed by atoms with Crippen LogP contribution in [0.4, 0.5) is 4.79 Å². The minimum atomic E-state index is -0.875. The van der Waals surface area contributed by atoms with Crippen molar-refractivity contribution in [3.63, 3.8) is 0 Å². The van der Waals surface area contributed by atoms with Crippen LogP contribution in [0.15, 0.2) is 0 Å². The van der Waals surface area contributed by atoms with Gasteiger partial charge in [0.25, 0.3) is 0 Å². The van der Waals surface area contributed by atoms with Gasteiger partial charge in [-0.05, 0) is 31.1 Å². The summed E-state index contributed by atoms with van der Waals surface area (Å²) >= 11 is 0. The molecule has 1 aliphatic rings. The molecule has 1 rings (SSSR count). The third-order valence-corrected chi connectivity index (χ3v) is 3.82.